The number of amides is 1. The molecule has 0 saturated heterocycles. The van der Waals surface area contributed by atoms with Crippen LogP contribution in [0.5, 0.6) is 0 Å². The van der Waals surface area contributed by atoms with E-state index in [2.05, 4.69) is 12.2 Å². The van der Waals surface area contributed by atoms with Gasteiger partial charge >= 0.3 is 0 Å². The second-order valence-electron chi connectivity index (χ2n) is 5.43. The van der Waals surface area contributed by atoms with E-state index in [0.717, 1.165) is 19.3 Å². The molecule has 1 unspecified atom stereocenters. The molecule has 0 aliphatic heterocycles. The largest absolute Gasteiger partial charge is 0.382 e. The van der Waals surface area contributed by atoms with Crippen molar-refractivity contribution >= 4 is 11.7 Å². The number of nitrogens with one attached hydrogen (secondary N) is 1. The molecule has 0 aromatic rings. The van der Waals surface area contributed by atoms with Crippen LogP contribution >= 0.6 is 0 Å². The molecule has 0 rings (SSSR count). The van der Waals surface area contributed by atoms with Crippen LogP contribution in [0.15, 0.2) is 0 Å². The number of carbonyl (C=O) groups excluding carboxylic acids is 2. The Morgan fingerprint density at radius 1 is 1.26 bits per heavy atom. The molecule has 0 aliphatic carbocycles. The summed E-state index contributed by atoms with van der Waals surface area (Å²) in [6, 6.07) is -1.14. The number of rotatable bonds is 9. The van der Waals surface area contributed by atoms with E-state index in [9.17, 15) is 14.7 Å². The van der Waals surface area contributed by atoms with Crippen LogP contribution in [0.3, 0.4) is 0 Å². The minimum atomic E-state index is -1.27. The smallest absolute Gasteiger partial charge is 0.251 e. The van der Waals surface area contributed by atoms with Crippen LogP contribution in [-0.2, 0) is 9.59 Å². The van der Waals surface area contributed by atoms with Gasteiger partial charge in [-0.2, -0.15) is 0 Å². The van der Waals surface area contributed by atoms with E-state index in [1.165, 1.54) is 6.92 Å². The van der Waals surface area contributed by atoms with Gasteiger partial charge in [0, 0.05) is 6.04 Å². The predicted molar refractivity (Wildman–Crippen MR) is 75.6 cm³/mol. The van der Waals surface area contributed by atoms with Gasteiger partial charge in [-0.1, -0.05) is 40.0 Å². The number of hydrogen-bond acceptors (Lipinski definition) is 4. The average molecular weight is 272 g/mol. The Labute approximate surface area is 115 Å². The van der Waals surface area contributed by atoms with Crippen molar-refractivity contribution in [3.63, 3.8) is 0 Å². The van der Waals surface area contributed by atoms with E-state index in [1.807, 2.05) is 13.8 Å². The van der Waals surface area contributed by atoms with Crippen LogP contribution in [0, 0.1) is 5.92 Å². The summed E-state index contributed by atoms with van der Waals surface area (Å²) in [6.45, 7) is 7.20. The summed E-state index contributed by atoms with van der Waals surface area (Å²) < 4.78 is 0. The lowest BCUT2D eigenvalue weighted by atomic mass is 9.98. The lowest BCUT2D eigenvalue weighted by Crippen LogP contribution is -2.52. The molecule has 0 aromatic carbocycles. The zero-order valence-electron chi connectivity index (χ0n) is 12.5. The molecule has 0 bridgehead atoms. The molecule has 1 amide bonds. The van der Waals surface area contributed by atoms with Crippen molar-refractivity contribution in [2.24, 2.45) is 11.7 Å². The van der Waals surface area contributed by atoms with Gasteiger partial charge in [-0.25, -0.2) is 0 Å². The van der Waals surface area contributed by atoms with Crippen LogP contribution in [0.4, 0.5) is 0 Å². The Morgan fingerprint density at radius 2 is 1.84 bits per heavy atom. The molecule has 5 nitrogen and oxygen atoms in total. The molecular formula is C14H28N2O3. The summed E-state index contributed by atoms with van der Waals surface area (Å²) in [7, 11) is 0. The third-order valence-electron chi connectivity index (χ3n) is 3.31. The fraction of sp³-hybridized carbons (Fsp3) is 0.857. The summed E-state index contributed by atoms with van der Waals surface area (Å²) in [4.78, 5) is 23.3. The highest BCUT2D eigenvalue weighted by Crippen LogP contribution is 2.07. The van der Waals surface area contributed by atoms with Gasteiger partial charge in [0.1, 0.15) is 6.10 Å². The topological polar surface area (TPSA) is 92.4 Å². The van der Waals surface area contributed by atoms with Crippen molar-refractivity contribution in [1.82, 2.24) is 5.32 Å². The molecule has 0 fully saturated rings. The first-order valence-electron chi connectivity index (χ1n) is 7.05. The van der Waals surface area contributed by atoms with Crippen LogP contribution < -0.4 is 11.1 Å². The van der Waals surface area contributed by atoms with Gasteiger partial charge in [-0.3, -0.25) is 9.59 Å². The Morgan fingerprint density at radius 3 is 2.26 bits per heavy atom. The van der Waals surface area contributed by atoms with Gasteiger partial charge in [0.2, 0.25) is 0 Å². The van der Waals surface area contributed by atoms with Crippen molar-refractivity contribution in [3.8, 4) is 0 Å². The second-order valence-corrected chi connectivity index (χ2v) is 5.43. The van der Waals surface area contributed by atoms with Gasteiger partial charge < -0.3 is 16.2 Å². The van der Waals surface area contributed by atoms with Crippen molar-refractivity contribution in [3.05, 3.63) is 0 Å². The Bertz CT molecular complexity index is 292. The first kappa shape index (κ1) is 18.1. The van der Waals surface area contributed by atoms with Crippen LogP contribution in [0.1, 0.15) is 53.4 Å². The van der Waals surface area contributed by atoms with Gasteiger partial charge in [-0.15, -0.1) is 0 Å². The van der Waals surface area contributed by atoms with Gasteiger partial charge in [0.05, 0.1) is 6.04 Å². The van der Waals surface area contributed by atoms with E-state index in [0.29, 0.717) is 6.42 Å². The standard InChI is InChI=1S/C14H28N2O3/c1-5-6-7-8-11(10(4)17)16-14(19)13(18)12(15)9(2)3/h9,11-13,18H,5-8,15H2,1-4H3,(H,16,19)/t11-,12-,13?/m0/s1. The van der Waals surface area contributed by atoms with Gasteiger partial charge in [-0.05, 0) is 19.3 Å². The normalized spacial score (nSPS) is 15.9. The SMILES string of the molecule is CCCCC[C@H](NC(=O)C(O)[C@@H](N)C(C)C)C(C)=O. The molecule has 0 saturated carbocycles. The fourth-order valence-corrected chi connectivity index (χ4v) is 1.77. The Kier molecular flexibility index (Phi) is 8.59. The maximum atomic E-state index is 11.8. The molecular weight excluding hydrogens is 244 g/mol. The van der Waals surface area contributed by atoms with Crippen LogP contribution in [-0.4, -0.2) is 35.0 Å². The molecule has 19 heavy (non-hydrogen) atoms. The fourth-order valence-electron chi connectivity index (χ4n) is 1.77. The third-order valence-corrected chi connectivity index (χ3v) is 3.31. The number of aliphatic hydroxyl groups is 1. The van der Waals surface area contributed by atoms with E-state index >= 15 is 0 Å². The maximum Gasteiger partial charge on any atom is 0.251 e. The summed E-state index contributed by atoms with van der Waals surface area (Å²) in [5.74, 6) is -0.649. The quantitative estimate of drug-likeness (QED) is 0.546. The molecule has 5 heteroatoms. The maximum absolute atomic E-state index is 11.8. The van der Waals surface area contributed by atoms with Crippen LogP contribution in [0.2, 0.25) is 0 Å². The Hall–Kier alpha value is -0.940. The first-order valence-corrected chi connectivity index (χ1v) is 7.05. The van der Waals surface area contributed by atoms with Crippen molar-refractivity contribution in [1.29, 1.82) is 0 Å². The lowest BCUT2D eigenvalue weighted by Gasteiger charge is -2.24. The highest BCUT2D eigenvalue weighted by molar-refractivity contribution is 5.89. The number of aliphatic hydroxyl groups excluding tert-OH is 1. The summed E-state index contributed by atoms with van der Waals surface area (Å²) in [5, 5.41) is 12.4. The highest BCUT2D eigenvalue weighted by atomic mass is 16.3. The molecule has 0 heterocycles. The molecule has 3 atom stereocenters. The van der Waals surface area contributed by atoms with Crippen molar-refractivity contribution in [2.45, 2.75) is 71.6 Å². The summed E-state index contributed by atoms with van der Waals surface area (Å²) in [5.41, 5.74) is 5.74. The van der Waals surface area contributed by atoms with Crippen LogP contribution in [0.25, 0.3) is 0 Å². The predicted octanol–water partition coefficient (Wildman–Crippen LogP) is 0.985. The molecule has 0 spiro atoms. The number of ketones is 1. The van der Waals surface area contributed by atoms with Gasteiger partial charge in [0.25, 0.3) is 5.91 Å². The number of carbonyl (C=O) groups is 2. The minimum Gasteiger partial charge on any atom is -0.382 e. The zero-order chi connectivity index (χ0) is 15.0. The van der Waals surface area contributed by atoms with E-state index in [-0.39, 0.29) is 11.7 Å². The van der Waals surface area contributed by atoms with Crippen molar-refractivity contribution < 1.29 is 14.7 Å². The first-order chi connectivity index (χ1) is 8.81. The number of hydrogen-bond donors (Lipinski definition) is 3. The van der Waals surface area contributed by atoms with Gasteiger partial charge in [0.15, 0.2) is 5.78 Å². The third kappa shape index (κ3) is 6.68. The highest BCUT2D eigenvalue weighted by Gasteiger charge is 2.27. The van der Waals surface area contributed by atoms with Crippen molar-refractivity contribution in [2.75, 3.05) is 0 Å². The number of unbranched alkanes of at least 4 members (excludes halogenated alkanes) is 2. The molecule has 112 valence electrons. The zero-order valence-corrected chi connectivity index (χ0v) is 12.5. The van der Waals surface area contributed by atoms with E-state index in [4.69, 9.17) is 5.73 Å². The lowest BCUT2D eigenvalue weighted by molar-refractivity contribution is -0.134. The van der Waals surface area contributed by atoms with E-state index in [1.54, 1.807) is 0 Å². The second kappa shape index (κ2) is 9.04. The molecule has 0 aromatic heterocycles. The molecule has 0 aliphatic rings. The van der Waals surface area contributed by atoms with E-state index < -0.39 is 24.1 Å². The number of Topliss-reactive ketones (excluding diaryl/α,β-unsaturated/α-hetero) is 1. The Balaban J connectivity index is 4.42. The monoisotopic (exact) mass is 272 g/mol. The molecule has 0 radical (unpaired) electrons. The minimum absolute atomic E-state index is 0.00313. The average Bonchev–Trinajstić information content (AvgIpc) is 2.35. The summed E-state index contributed by atoms with van der Waals surface area (Å²) in [6.07, 6.45) is 2.30. The summed E-state index contributed by atoms with van der Waals surface area (Å²) >= 11 is 0. The number of nitrogens with two attached hydrogens (primary N) is 1. The molecule has 4 N–H and O–H groups in total.